The molecule has 6 heteroatoms. The number of nitrogens with zero attached hydrogens (tertiary/aromatic N) is 1. The van der Waals surface area contributed by atoms with E-state index in [0.717, 1.165) is 12.1 Å². The maximum absolute atomic E-state index is 12.4. The van der Waals surface area contributed by atoms with Crippen LogP contribution in [0.2, 0.25) is 0 Å². The van der Waals surface area contributed by atoms with Crippen LogP contribution in [-0.4, -0.2) is 30.1 Å². The molecule has 3 aromatic carbocycles. The first-order chi connectivity index (χ1) is 15.6. The van der Waals surface area contributed by atoms with Crippen molar-refractivity contribution in [1.29, 1.82) is 0 Å². The van der Waals surface area contributed by atoms with Crippen molar-refractivity contribution in [3.63, 3.8) is 0 Å². The highest BCUT2D eigenvalue weighted by atomic mass is 16.5. The van der Waals surface area contributed by atoms with Gasteiger partial charge in [0.1, 0.15) is 6.61 Å². The Bertz CT molecular complexity index is 1300. The Hall–Kier alpha value is -3.90. The summed E-state index contributed by atoms with van der Waals surface area (Å²) in [6.07, 6.45) is 3.33. The lowest BCUT2D eigenvalue weighted by molar-refractivity contribution is -0.119. The number of nitrogens with one attached hydrogen (secondary N) is 2. The van der Waals surface area contributed by atoms with Gasteiger partial charge >= 0.3 is 0 Å². The standard InChI is InChI=1S/C26H25N3O3/c1-3-29-23-7-5-4-6-21(23)22-16-18(8-14-24(22)29)9-15-25(30)27-19-10-12-20(13-11-19)28-26(31)17-32-2/h4-16H,3,17H2,1-2H3,(H,27,30)(H,28,31)/b15-9+. The Labute approximate surface area is 186 Å². The molecule has 1 aromatic heterocycles. The lowest BCUT2D eigenvalue weighted by atomic mass is 10.1. The van der Waals surface area contributed by atoms with Crippen LogP contribution >= 0.6 is 0 Å². The molecule has 0 aliphatic rings. The molecule has 0 radical (unpaired) electrons. The Kier molecular flexibility index (Phi) is 6.33. The number of hydrogen-bond donors (Lipinski definition) is 2. The molecule has 0 aliphatic carbocycles. The number of ether oxygens (including phenoxy) is 1. The Morgan fingerprint density at radius 1 is 0.906 bits per heavy atom. The van der Waals surface area contributed by atoms with Gasteiger partial charge in [-0.05, 0) is 61.0 Å². The summed E-state index contributed by atoms with van der Waals surface area (Å²) in [6.45, 7) is 3.04. The zero-order chi connectivity index (χ0) is 22.5. The number of fused-ring (bicyclic) bond motifs is 3. The average Bonchev–Trinajstić information content (AvgIpc) is 3.12. The van der Waals surface area contributed by atoms with Crippen molar-refractivity contribution < 1.29 is 14.3 Å². The second kappa shape index (κ2) is 9.49. The minimum Gasteiger partial charge on any atom is -0.375 e. The van der Waals surface area contributed by atoms with Crippen LogP contribution in [-0.2, 0) is 20.9 Å². The Morgan fingerprint density at radius 3 is 2.31 bits per heavy atom. The molecule has 0 saturated heterocycles. The van der Waals surface area contributed by atoms with Crippen molar-refractivity contribution >= 4 is 51.1 Å². The van der Waals surface area contributed by atoms with E-state index in [9.17, 15) is 9.59 Å². The zero-order valence-electron chi connectivity index (χ0n) is 18.1. The van der Waals surface area contributed by atoms with E-state index in [-0.39, 0.29) is 18.4 Å². The second-order valence-electron chi connectivity index (χ2n) is 7.42. The van der Waals surface area contributed by atoms with Gasteiger partial charge in [0.05, 0.1) is 0 Å². The first kappa shape index (κ1) is 21.3. The second-order valence-corrected chi connectivity index (χ2v) is 7.42. The van der Waals surface area contributed by atoms with Gasteiger partial charge in [-0.25, -0.2) is 0 Å². The molecule has 0 spiro atoms. The van der Waals surface area contributed by atoms with Crippen LogP contribution in [0.5, 0.6) is 0 Å². The lowest BCUT2D eigenvalue weighted by Crippen LogP contribution is -2.17. The van der Waals surface area contributed by atoms with Gasteiger partial charge in [-0.3, -0.25) is 9.59 Å². The topological polar surface area (TPSA) is 72.4 Å². The number of benzene rings is 3. The van der Waals surface area contributed by atoms with E-state index in [4.69, 9.17) is 4.74 Å². The maximum atomic E-state index is 12.4. The largest absolute Gasteiger partial charge is 0.375 e. The summed E-state index contributed by atoms with van der Waals surface area (Å²) in [7, 11) is 1.47. The molecule has 0 fully saturated rings. The van der Waals surface area contributed by atoms with Gasteiger partial charge in [0.2, 0.25) is 11.8 Å². The molecule has 0 aliphatic heterocycles. The number of rotatable bonds is 7. The van der Waals surface area contributed by atoms with Crippen molar-refractivity contribution in [3.8, 4) is 0 Å². The van der Waals surface area contributed by atoms with Gasteiger partial charge in [-0.15, -0.1) is 0 Å². The summed E-state index contributed by atoms with van der Waals surface area (Å²) in [5.41, 5.74) is 4.65. The van der Waals surface area contributed by atoms with Crippen LogP contribution in [0.15, 0.2) is 72.8 Å². The number of aromatic nitrogens is 1. The highest BCUT2D eigenvalue weighted by Gasteiger charge is 2.09. The van der Waals surface area contributed by atoms with Crippen molar-refractivity contribution in [2.75, 3.05) is 24.4 Å². The third kappa shape index (κ3) is 4.55. The highest BCUT2D eigenvalue weighted by Crippen LogP contribution is 2.30. The van der Waals surface area contributed by atoms with Crippen LogP contribution in [0, 0.1) is 0 Å². The molecule has 32 heavy (non-hydrogen) atoms. The maximum Gasteiger partial charge on any atom is 0.250 e. The summed E-state index contributed by atoms with van der Waals surface area (Å²) in [4.78, 5) is 23.9. The smallest absolute Gasteiger partial charge is 0.250 e. The third-order valence-corrected chi connectivity index (χ3v) is 5.25. The molecule has 1 heterocycles. The normalized spacial score (nSPS) is 11.3. The Balaban J connectivity index is 1.46. The van der Waals surface area contributed by atoms with Crippen LogP contribution in [0.1, 0.15) is 12.5 Å². The summed E-state index contributed by atoms with van der Waals surface area (Å²) in [6, 6.07) is 21.5. The van der Waals surface area contributed by atoms with E-state index in [0.29, 0.717) is 11.4 Å². The third-order valence-electron chi connectivity index (χ3n) is 5.25. The minimum atomic E-state index is -0.230. The van der Waals surface area contributed by atoms with Crippen molar-refractivity contribution in [2.24, 2.45) is 0 Å². The number of methoxy groups -OCH3 is 1. The average molecular weight is 428 g/mol. The highest BCUT2D eigenvalue weighted by molar-refractivity contribution is 6.09. The number of aryl methyl sites for hydroxylation is 1. The fourth-order valence-corrected chi connectivity index (χ4v) is 3.84. The van der Waals surface area contributed by atoms with Crippen molar-refractivity contribution in [2.45, 2.75) is 13.5 Å². The number of para-hydroxylation sites is 1. The number of carbonyl (C=O) groups excluding carboxylic acids is 2. The molecule has 0 saturated carbocycles. The van der Waals surface area contributed by atoms with Gasteiger partial charge in [-0.2, -0.15) is 0 Å². The van der Waals surface area contributed by atoms with Crippen LogP contribution < -0.4 is 10.6 Å². The molecule has 2 amide bonds. The molecule has 6 nitrogen and oxygen atoms in total. The molecular formula is C26H25N3O3. The summed E-state index contributed by atoms with van der Waals surface area (Å²) in [5, 5.41) is 7.93. The van der Waals surface area contributed by atoms with E-state index in [1.165, 1.54) is 35.0 Å². The van der Waals surface area contributed by atoms with E-state index < -0.39 is 0 Å². The van der Waals surface area contributed by atoms with Crippen LogP contribution in [0.25, 0.3) is 27.9 Å². The minimum absolute atomic E-state index is 0.00592. The van der Waals surface area contributed by atoms with Gasteiger partial charge in [0.15, 0.2) is 0 Å². The van der Waals surface area contributed by atoms with Gasteiger partial charge in [0, 0.05) is 52.9 Å². The molecule has 0 atom stereocenters. The Morgan fingerprint density at radius 2 is 1.59 bits per heavy atom. The molecular weight excluding hydrogens is 402 g/mol. The van der Waals surface area contributed by atoms with Gasteiger partial charge in [-0.1, -0.05) is 24.3 Å². The van der Waals surface area contributed by atoms with Crippen molar-refractivity contribution in [3.05, 3.63) is 78.4 Å². The fourth-order valence-electron chi connectivity index (χ4n) is 3.84. The zero-order valence-corrected chi connectivity index (χ0v) is 18.1. The van der Waals surface area contributed by atoms with E-state index in [2.05, 4.69) is 52.5 Å². The van der Waals surface area contributed by atoms with Gasteiger partial charge < -0.3 is 19.9 Å². The predicted molar refractivity (Wildman–Crippen MR) is 130 cm³/mol. The first-order valence-electron chi connectivity index (χ1n) is 10.5. The first-order valence-corrected chi connectivity index (χ1v) is 10.5. The number of carbonyl (C=O) groups is 2. The monoisotopic (exact) mass is 427 g/mol. The predicted octanol–water partition coefficient (Wildman–Crippen LogP) is 5.05. The van der Waals surface area contributed by atoms with Crippen LogP contribution in [0.4, 0.5) is 11.4 Å². The quantitative estimate of drug-likeness (QED) is 0.405. The van der Waals surface area contributed by atoms with Crippen LogP contribution in [0.3, 0.4) is 0 Å². The molecule has 0 unspecified atom stereocenters. The number of anilines is 2. The van der Waals surface area contributed by atoms with E-state index in [1.54, 1.807) is 24.3 Å². The summed E-state index contributed by atoms with van der Waals surface area (Å²) >= 11 is 0. The molecule has 4 rings (SSSR count). The molecule has 4 aromatic rings. The van der Waals surface area contributed by atoms with Gasteiger partial charge in [0.25, 0.3) is 0 Å². The van der Waals surface area contributed by atoms with Crippen molar-refractivity contribution in [1.82, 2.24) is 4.57 Å². The summed E-state index contributed by atoms with van der Waals surface area (Å²) < 4.78 is 7.09. The fraction of sp³-hybridized carbons (Fsp3) is 0.154. The molecule has 0 bridgehead atoms. The molecule has 162 valence electrons. The SMILES string of the molecule is CCn1c2ccccc2c2cc(/C=C/C(=O)Nc3ccc(NC(=O)COC)cc3)ccc21. The summed E-state index contributed by atoms with van der Waals surface area (Å²) in [5.74, 6) is -0.455. The van der Waals surface area contributed by atoms with E-state index in [1.807, 2.05) is 18.2 Å². The van der Waals surface area contributed by atoms with E-state index >= 15 is 0 Å². The molecule has 2 N–H and O–H groups in total. The number of hydrogen-bond acceptors (Lipinski definition) is 3. The lowest BCUT2D eigenvalue weighted by Gasteiger charge is -2.06. The number of amides is 2.